The molecule has 1 rings (SSSR count). The molecule has 1 aliphatic rings. The van der Waals surface area contributed by atoms with Crippen molar-refractivity contribution in [3.63, 3.8) is 0 Å². The predicted octanol–water partition coefficient (Wildman–Crippen LogP) is 0.118. The third-order valence-electron chi connectivity index (χ3n) is 2.88. The number of hydrogen-bond donors (Lipinski definition) is 0. The first-order valence-corrected chi connectivity index (χ1v) is 7.21. The van der Waals surface area contributed by atoms with Gasteiger partial charge >= 0.3 is 0 Å². The fourth-order valence-electron chi connectivity index (χ4n) is 2.04. The van der Waals surface area contributed by atoms with E-state index in [1.807, 2.05) is 0 Å². The van der Waals surface area contributed by atoms with Crippen LogP contribution >= 0.6 is 0 Å². The average Bonchev–Trinajstić information content (AvgIpc) is 2.26. The first kappa shape index (κ1) is 13.7. The van der Waals surface area contributed by atoms with Gasteiger partial charge in [-0.15, -0.1) is 0 Å². The minimum atomic E-state index is -2.47. The van der Waals surface area contributed by atoms with Crippen LogP contribution < -0.4 is 0 Å². The molecule has 0 N–H and O–H groups in total. The average molecular weight is 264 g/mol. The summed E-state index contributed by atoms with van der Waals surface area (Å²) in [7, 11) is 0. The highest BCUT2D eigenvalue weighted by Crippen LogP contribution is 2.33. The molecule has 6 nitrogen and oxygen atoms in total. The summed E-state index contributed by atoms with van der Waals surface area (Å²) >= 11 is -4.92. The Morgan fingerprint density at radius 2 is 1.81 bits per heavy atom. The van der Waals surface area contributed by atoms with Gasteiger partial charge in [-0.05, 0) is 35.0 Å². The highest BCUT2D eigenvalue weighted by atomic mass is 32.2. The standard InChI is InChI=1S/C8H14N2O4S2/c9-10-7(6-15(11)12)8(16(13)14)4-2-1-3-5-8/h1-6H2,(H,11,12)(H,13,14)/p-2. The lowest BCUT2D eigenvalue weighted by atomic mass is 9.85. The Morgan fingerprint density at radius 1 is 1.25 bits per heavy atom. The Kier molecular flexibility index (Phi) is 4.94. The molecule has 0 aromatic rings. The summed E-state index contributed by atoms with van der Waals surface area (Å²) in [6, 6.07) is 0. The van der Waals surface area contributed by atoms with Crippen LogP contribution in [0.5, 0.6) is 0 Å². The second kappa shape index (κ2) is 5.79. The highest BCUT2D eigenvalue weighted by Gasteiger charge is 2.44. The Hall–Kier alpha value is -0.400. The van der Waals surface area contributed by atoms with Crippen molar-refractivity contribution in [1.82, 2.24) is 0 Å². The van der Waals surface area contributed by atoms with E-state index in [4.69, 9.17) is 5.53 Å². The van der Waals surface area contributed by atoms with Crippen LogP contribution in [0.25, 0.3) is 5.53 Å². The summed E-state index contributed by atoms with van der Waals surface area (Å²) in [5.41, 5.74) is 8.61. The molecular formula is C8H12N2O4S2-2. The van der Waals surface area contributed by atoms with Gasteiger partial charge < -0.3 is 14.6 Å². The maximum Gasteiger partial charge on any atom is 0.297 e. The molecule has 16 heavy (non-hydrogen) atoms. The summed E-state index contributed by atoms with van der Waals surface area (Å²) in [6.07, 6.45) is 2.94. The summed E-state index contributed by atoms with van der Waals surface area (Å²) in [5.74, 6) is -0.537. The third kappa shape index (κ3) is 2.83. The van der Waals surface area contributed by atoms with Gasteiger partial charge in [0.15, 0.2) is 0 Å². The van der Waals surface area contributed by atoms with E-state index < -0.39 is 32.7 Å². The fraction of sp³-hybridized carbons (Fsp3) is 0.875. The first-order chi connectivity index (χ1) is 7.53. The van der Waals surface area contributed by atoms with E-state index in [-0.39, 0.29) is 5.71 Å². The van der Waals surface area contributed by atoms with Crippen molar-refractivity contribution in [3.05, 3.63) is 5.53 Å². The van der Waals surface area contributed by atoms with E-state index in [0.717, 1.165) is 6.42 Å². The Bertz CT molecular complexity index is 359. The monoisotopic (exact) mass is 264 g/mol. The second-order valence-corrected chi connectivity index (χ2v) is 5.93. The maximum absolute atomic E-state index is 11.3. The molecule has 1 saturated carbocycles. The first-order valence-electron chi connectivity index (χ1n) is 4.89. The second-order valence-electron chi connectivity index (χ2n) is 3.78. The van der Waals surface area contributed by atoms with E-state index in [9.17, 15) is 17.5 Å². The van der Waals surface area contributed by atoms with Gasteiger partial charge in [-0.25, -0.2) is 0 Å². The van der Waals surface area contributed by atoms with Crippen molar-refractivity contribution < 1.29 is 22.3 Å². The molecule has 92 valence electrons. The summed E-state index contributed by atoms with van der Waals surface area (Å²) < 4.78 is 42.4. The molecule has 2 unspecified atom stereocenters. The van der Waals surface area contributed by atoms with Crippen LogP contribution in [-0.2, 0) is 22.2 Å². The summed E-state index contributed by atoms with van der Waals surface area (Å²) in [4.78, 5) is 2.88. The summed E-state index contributed by atoms with van der Waals surface area (Å²) in [6.45, 7) is 0. The van der Waals surface area contributed by atoms with Gasteiger partial charge in [0.2, 0.25) is 0 Å². The topological polar surface area (TPSA) is 117 Å². The lowest BCUT2D eigenvalue weighted by Crippen LogP contribution is -2.47. The molecule has 0 radical (unpaired) electrons. The van der Waals surface area contributed by atoms with Gasteiger partial charge in [0.05, 0.1) is 0 Å². The van der Waals surface area contributed by atoms with Gasteiger partial charge in [-0.2, -0.15) is 4.79 Å². The van der Waals surface area contributed by atoms with Crippen molar-refractivity contribution in [2.75, 3.05) is 5.75 Å². The predicted molar refractivity (Wildman–Crippen MR) is 57.1 cm³/mol. The van der Waals surface area contributed by atoms with Crippen molar-refractivity contribution in [2.45, 2.75) is 36.9 Å². The van der Waals surface area contributed by atoms with Crippen molar-refractivity contribution >= 4 is 27.9 Å². The van der Waals surface area contributed by atoms with Crippen molar-refractivity contribution in [3.8, 4) is 0 Å². The molecule has 8 heteroatoms. The Morgan fingerprint density at radius 3 is 2.19 bits per heavy atom. The van der Waals surface area contributed by atoms with Crippen LogP contribution in [-0.4, -0.2) is 38.5 Å². The molecule has 1 aliphatic carbocycles. The fourth-order valence-corrected chi connectivity index (χ4v) is 3.61. The van der Waals surface area contributed by atoms with Crippen LogP contribution in [0, 0.1) is 0 Å². The van der Waals surface area contributed by atoms with E-state index in [1.165, 1.54) is 0 Å². The summed E-state index contributed by atoms with van der Waals surface area (Å²) in [5, 5.41) is 0. The van der Waals surface area contributed by atoms with Crippen LogP contribution in [0.1, 0.15) is 32.1 Å². The Labute approximate surface area is 98.6 Å². The van der Waals surface area contributed by atoms with E-state index in [0.29, 0.717) is 25.7 Å². The zero-order valence-electron chi connectivity index (χ0n) is 8.59. The van der Waals surface area contributed by atoms with Crippen molar-refractivity contribution in [1.29, 1.82) is 0 Å². The molecule has 0 amide bonds. The van der Waals surface area contributed by atoms with Crippen LogP contribution in [0.3, 0.4) is 0 Å². The molecule has 1 fully saturated rings. The van der Waals surface area contributed by atoms with Gasteiger partial charge in [0, 0.05) is 0 Å². The van der Waals surface area contributed by atoms with Crippen molar-refractivity contribution in [2.24, 2.45) is 0 Å². The molecular weight excluding hydrogens is 252 g/mol. The SMILES string of the molecule is [N-]=[N+]=C(CS(=O)[O-])C1(S(=O)[O-])CCCCC1. The molecule has 0 aliphatic heterocycles. The Balaban J connectivity index is 3.04. The molecule has 0 aromatic carbocycles. The minimum absolute atomic E-state index is 0.172. The number of rotatable bonds is 4. The quantitative estimate of drug-likeness (QED) is 0.310. The molecule has 0 spiro atoms. The molecule has 0 heterocycles. The zero-order valence-corrected chi connectivity index (χ0v) is 10.2. The molecule has 0 saturated heterocycles. The molecule has 0 bridgehead atoms. The minimum Gasteiger partial charge on any atom is -0.772 e. The van der Waals surface area contributed by atoms with Gasteiger partial charge in [0.25, 0.3) is 5.71 Å². The lowest BCUT2D eigenvalue weighted by Gasteiger charge is -2.35. The molecule has 2 atom stereocenters. The van der Waals surface area contributed by atoms with E-state index in [1.54, 1.807) is 0 Å². The van der Waals surface area contributed by atoms with Gasteiger partial charge in [-0.3, -0.25) is 8.42 Å². The number of hydrogen-bond acceptors (Lipinski definition) is 4. The maximum atomic E-state index is 11.3. The van der Waals surface area contributed by atoms with Crippen LogP contribution in [0.4, 0.5) is 0 Å². The largest absolute Gasteiger partial charge is 0.772 e. The molecule has 0 aromatic heterocycles. The third-order valence-corrected chi connectivity index (χ3v) is 4.67. The smallest absolute Gasteiger partial charge is 0.297 e. The van der Waals surface area contributed by atoms with Crippen LogP contribution in [0.2, 0.25) is 0 Å². The van der Waals surface area contributed by atoms with Crippen LogP contribution in [0.15, 0.2) is 0 Å². The zero-order chi connectivity index (χ0) is 12.2. The number of nitrogens with zero attached hydrogens (tertiary/aromatic N) is 2. The van der Waals surface area contributed by atoms with Gasteiger partial charge in [-0.1, -0.05) is 19.3 Å². The van der Waals surface area contributed by atoms with E-state index >= 15 is 0 Å². The normalized spacial score (nSPS) is 23.1. The highest BCUT2D eigenvalue weighted by molar-refractivity contribution is 7.82. The van der Waals surface area contributed by atoms with E-state index in [2.05, 4.69) is 4.79 Å². The lowest BCUT2D eigenvalue weighted by molar-refractivity contribution is -0.0132. The van der Waals surface area contributed by atoms with Gasteiger partial charge in [0.1, 0.15) is 10.5 Å².